The van der Waals surface area contributed by atoms with Gasteiger partial charge in [-0.05, 0) is 18.2 Å². The molecule has 1 heterocycles. The number of halogens is 1. The minimum Gasteiger partial charge on any atom is -0.506 e. The van der Waals surface area contributed by atoms with E-state index in [1.165, 1.54) is 0 Å². The Morgan fingerprint density at radius 1 is 1.44 bits per heavy atom. The molecule has 0 aromatic heterocycles. The quantitative estimate of drug-likeness (QED) is 0.728. The fraction of sp³-hybridized carbons (Fsp3) is 0.417. The summed E-state index contributed by atoms with van der Waals surface area (Å²) in [7, 11) is 0. The smallest absolute Gasteiger partial charge is 0.238 e. The molecule has 0 spiro atoms. The standard InChI is InChI=1S/C12H16BrN3O2/c13-9-1-2-11(17)10(7-9)15-12(18)8-16-5-3-14-4-6-16/h1-2,7,14,17H,3-6,8H2,(H,15,18). The van der Waals surface area contributed by atoms with E-state index in [4.69, 9.17) is 0 Å². The maximum absolute atomic E-state index is 11.8. The second-order valence-corrected chi connectivity index (χ2v) is 5.15. The van der Waals surface area contributed by atoms with E-state index in [9.17, 15) is 9.90 Å². The lowest BCUT2D eigenvalue weighted by atomic mass is 10.3. The number of nitrogens with zero attached hydrogens (tertiary/aromatic N) is 1. The van der Waals surface area contributed by atoms with E-state index < -0.39 is 0 Å². The Bertz CT molecular complexity index is 433. The van der Waals surface area contributed by atoms with Gasteiger partial charge in [0.05, 0.1) is 12.2 Å². The largest absolute Gasteiger partial charge is 0.506 e. The molecule has 1 aromatic rings. The van der Waals surface area contributed by atoms with Crippen molar-refractivity contribution in [3.63, 3.8) is 0 Å². The number of rotatable bonds is 3. The van der Waals surface area contributed by atoms with Crippen LogP contribution in [0.15, 0.2) is 22.7 Å². The summed E-state index contributed by atoms with van der Waals surface area (Å²) in [6, 6.07) is 4.96. The molecule has 98 valence electrons. The number of hydrogen-bond acceptors (Lipinski definition) is 4. The van der Waals surface area contributed by atoms with Gasteiger partial charge in [-0.1, -0.05) is 15.9 Å². The first-order valence-electron chi connectivity index (χ1n) is 5.86. The zero-order valence-electron chi connectivity index (χ0n) is 9.95. The van der Waals surface area contributed by atoms with Gasteiger partial charge in [0.15, 0.2) is 0 Å². The third-order valence-electron chi connectivity index (χ3n) is 2.81. The van der Waals surface area contributed by atoms with Crippen molar-refractivity contribution in [2.45, 2.75) is 0 Å². The number of anilines is 1. The molecule has 3 N–H and O–H groups in total. The first-order chi connectivity index (χ1) is 8.65. The van der Waals surface area contributed by atoms with Crippen LogP contribution in [-0.4, -0.2) is 48.6 Å². The number of carbonyl (C=O) groups is 1. The molecule has 0 bridgehead atoms. The molecule has 0 radical (unpaired) electrons. The van der Waals surface area contributed by atoms with Crippen LogP contribution >= 0.6 is 15.9 Å². The summed E-state index contributed by atoms with van der Waals surface area (Å²) >= 11 is 3.30. The molecule has 18 heavy (non-hydrogen) atoms. The Morgan fingerprint density at radius 3 is 2.89 bits per heavy atom. The number of phenolic OH excluding ortho intramolecular Hbond substituents is 1. The van der Waals surface area contributed by atoms with Gasteiger partial charge in [0, 0.05) is 30.7 Å². The van der Waals surface area contributed by atoms with Gasteiger partial charge in [-0.2, -0.15) is 0 Å². The predicted octanol–water partition coefficient (Wildman–Crippen LogP) is 0.998. The third-order valence-corrected chi connectivity index (χ3v) is 3.30. The summed E-state index contributed by atoms with van der Waals surface area (Å²) < 4.78 is 0.817. The molecule has 0 saturated carbocycles. The summed E-state index contributed by atoms with van der Waals surface area (Å²) in [6.07, 6.45) is 0. The lowest BCUT2D eigenvalue weighted by Crippen LogP contribution is -2.46. The van der Waals surface area contributed by atoms with Crippen LogP contribution in [0, 0.1) is 0 Å². The van der Waals surface area contributed by atoms with Crippen LogP contribution in [-0.2, 0) is 4.79 Å². The normalized spacial score (nSPS) is 16.5. The van der Waals surface area contributed by atoms with Crippen LogP contribution in [0.1, 0.15) is 0 Å². The maximum Gasteiger partial charge on any atom is 0.238 e. The Hall–Kier alpha value is -1.11. The topological polar surface area (TPSA) is 64.6 Å². The lowest BCUT2D eigenvalue weighted by Gasteiger charge is -2.26. The second-order valence-electron chi connectivity index (χ2n) is 4.24. The van der Waals surface area contributed by atoms with Crippen molar-refractivity contribution in [3.8, 4) is 5.75 Å². The van der Waals surface area contributed by atoms with E-state index in [-0.39, 0.29) is 11.7 Å². The SMILES string of the molecule is O=C(CN1CCNCC1)Nc1cc(Br)ccc1O. The average Bonchev–Trinajstić information content (AvgIpc) is 2.35. The molecule has 2 rings (SSSR count). The highest BCUT2D eigenvalue weighted by Crippen LogP contribution is 2.26. The Morgan fingerprint density at radius 2 is 2.17 bits per heavy atom. The number of piperazine rings is 1. The van der Waals surface area contributed by atoms with Gasteiger partial charge in [0.1, 0.15) is 5.75 Å². The van der Waals surface area contributed by atoms with E-state index in [1.807, 2.05) is 0 Å². The maximum atomic E-state index is 11.8. The molecule has 0 atom stereocenters. The summed E-state index contributed by atoms with van der Waals surface area (Å²) in [5.41, 5.74) is 0.435. The molecule has 1 amide bonds. The van der Waals surface area contributed by atoms with E-state index in [0.29, 0.717) is 12.2 Å². The average molecular weight is 314 g/mol. The van der Waals surface area contributed by atoms with E-state index in [1.54, 1.807) is 18.2 Å². The van der Waals surface area contributed by atoms with Crippen molar-refractivity contribution < 1.29 is 9.90 Å². The van der Waals surface area contributed by atoms with Crippen LogP contribution in [0.2, 0.25) is 0 Å². The summed E-state index contributed by atoms with van der Waals surface area (Å²) in [5.74, 6) is -0.0304. The fourth-order valence-corrected chi connectivity index (χ4v) is 2.23. The van der Waals surface area contributed by atoms with Gasteiger partial charge in [0.25, 0.3) is 0 Å². The molecular weight excluding hydrogens is 298 g/mol. The van der Waals surface area contributed by atoms with Gasteiger partial charge in [0.2, 0.25) is 5.91 Å². The number of phenols is 1. The zero-order chi connectivity index (χ0) is 13.0. The summed E-state index contributed by atoms with van der Waals surface area (Å²) in [5, 5.41) is 15.6. The minimum atomic E-state index is -0.106. The molecule has 1 aromatic carbocycles. The number of aromatic hydroxyl groups is 1. The summed E-state index contributed by atoms with van der Waals surface area (Å²) in [6.45, 7) is 3.92. The van der Waals surface area contributed by atoms with Crippen LogP contribution in [0.4, 0.5) is 5.69 Å². The Kier molecular flexibility index (Phi) is 4.57. The molecule has 1 saturated heterocycles. The Labute approximate surface area is 114 Å². The summed E-state index contributed by atoms with van der Waals surface area (Å²) in [4.78, 5) is 13.9. The van der Waals surface area contributed by atoms with Crippen molar-refractivity contribution >= 4 is 27.5 Å². The minimum absolute atomic E-state index is 0.0758. The Balaban J connectivity index is 1.92. The highest BCUT2D eigenvalue weighted by atomic mass is 79.9. The zero-order valence-corrected chi connectivity index (χ0v) is 11.5. The van der Waals surface area contributed by atoms with Crippen molar-refractivity contribution in [2.24, 2.45) is 0 Å². The van der Waals surface area contributed by atoms with Crippen molar-refractivity contribution in [1.29, 1.82) is 0 Å². The monoisotopic (exact) mass is 313 g/mol. The molecule has 6 heteroatoms. The number of benzene rings is 1. The van der Waals surface area contributed by atoms with Crippen LogP contribution in [0.5, 0.6) is 5.75 Å². The highest BCUT2D eigenvalue weighted by molar-refractivity contribution is 9.10. The van der Waals surface area contributed by atoms with Gasteiger partial charge >= 0.3 is 0 Å². The molecule has 1 fully saturated rings. The number of carbonyl (C=O) groups excluding carboxylic acids is 1. The van der Waals surface area contributed by atoms with Crippen LogP contribution in [0.3, 0.4) is 0 Å². The molecule has 1 aliphatic rings. The van der Waals surface area contributed by atoms with E-state index in [2.05, 4.69) is 31.5 Å². The predicted molar refractivity (Wildman–Crippen MR) is 73.7 cm³/mol. The van der Waals surface area contributed by atoms with Crippen molar-refractivity contribution in [1.82, 2.24) is 10.2 Å². The molecule has 0 aliphatic carbocycles. The highest BCUT2D eigenvalue weighted by Gasteiger charge is 2.14. The first kappa shape index (κ1) is 13.3. The molecule has 0 unspecified atom stereocenters. The number of nitrogens with one attached hydrogen (secondary N) is 2. The second kappa shape index (κ2) is 6.17. The van der Waals surface area contributed by atoms with Crippen molar-refractivity contribution in [3.05, 3.63) is 22.7 Å². The van der Waals surface area contributed by atoms with Crippen LogP contribution < -0.4 is 10.6 Å². The van der Waals surface area contributed by atoms with Gasteiger partial charge < -0.3 is 15.7 Å². The molecular formula is C12H16BrN3O2. The van der Waals surface area contributed by atoms with E-state index in [0.717, 1.165) is 30.7 Å². The number of hydrogen-bond donors (Lipinski definition) is 3. The van der Waals surface area contributed by atoms with Gasteiger partial charge in [-0.15, -0.1) is 0 Å². The van der Waals surface area contributed by atoms with Crippen LogP contribution in [0.25, 0.3) is 0 Å². The lowest BCUT2D eigenvalue weighted by molar-refractivity contribution is -0.117. The number of amides is 1. The van der Waals surface area contributed by atoms with Gasteiger partial charge in [-0.3, -0.25) is 9.69 Å². The molecule has 5 nitrogen and oxygen atoms in total. The molecule has 1 aliphatic heterocycles. The van der Waals surface area contributed by atoms with Crippen molar-refractivity contribution in [2.75, 3.05) is 38.0 Å². The first-order valence-corrected chi connectivity index (χ1v) is 6.66. The van der Waals surface area contributed by atoms with Gasteiger partial charge in [-0.25, -0.2) is 0 Å². The van der Waals surface area contributed by atoms with E-state index >= 15 is 0 Å². The third kappa shape index (κ3) is 3.69. The fourth-order valence-electron chi connectivity index (χ4n) is 1.87.